The molecule has 1 atom stereocenters. The Morgan fingerprint density at radius 2 is 0.792 bits per heavy atom. The first-order chi connectivity index (χ1) is 36.6. The SMILES string of the molecule is CCCCCOc1c(Cl)c(Cl)c2c(c1Cl)C1=NC2=Nc2[n-]c(c3c(Cl)c(Cl)c(OCCCCC)c(Cl)c23)N=C2NC(N=c3[n-]c(c4c(Cl)c(Cl)c(OCCCCC)c(Cl)c34)=N1)c1c(Cl)c(OCCCCC)c(Cl)c(Cl)c12.[Zn+2]. The standard InChI is InChI=1S/C52H46Cl12N8O4.Zn/c1-5-9-13-17-73-41-33(57)25-21(29(53)37(41)61)45-65-46-22-27(35(59)43(38(62)30(22)54)75-19-15-11-7-3)51(67-46)72-52-28-24(32(56)40(64)44(36(28)60)76-20-16-12-8-4)48(71-52)70-50-26-23(47(69-50)68-49(25)66-45)31(55)39(63)42(34(26)58)74-18-14-10-6-2;/h51H,5-20H2,1-4H3,(H-,65,67,68,69,70,71,72);/q-2;+2. The molecule has 0 radical (unpaired) electrons. The summed E-state index contributed by atoms with van der Waals surface area (Å²) in [4.78, 5) is 35.4. The van der Waals surface area contributed by atoms with Gasteiger partial charge in [-0.05, 0) is 25.7 Å². The van der Waals surface area contributed by atoms with Crippen molar-refractivity contribution in [2.24, 2.45) is 25.0 Å². The molecule has 0 spiro atoms. The van der Waals surface area contributed by atoms with E-state index in [2.05, 4.69) is 33.0 Å². The van der Waals surface area contributed by atoms with Crippen LogP contribution >= 0.6 is 139 Å². The van der Waals surface area contributed by atoms with Crippen molar-refractivity contribution in [3.8, 4) is 23.0 Å². The normalized spacial score (nSPS) is 14.3. The number of nitrogens with one attached hydrogen (secondary N) is 1. The van der Waals surface area contributed by atoms with Crippen LogP contribution in [-0.2, 0) is 19.5 Å². The minimum Gasteiger partial charge on any atom is -0.490 e. The van der Waals surface area contributed by atoms with Gasteiger partial charge in [-0.1, -0.05) is 218 Å². The van der Waals surface area contributed by atoms with Crippen LogP contribution in [0.15, 0.2) is 25.0 Å². The average molecular weight is 1340 g/mol. The minimum atomic E-state index is -1.13. The molecule has 9 rings (SSSR count). The van der Waals surface area contributed by atoms with E-state index in [-0.39, 0.29) is 194 Å². The summed E-state index contributed by atoms with van der Waals surface area (Å²) in [5.74, 6) is 0.488. The van der Waals surface area contributed by atoms with Crippen molar-refractivity contribution in [3.63, 3.8) is 0 Å². The Morgan fingerprint density at radius 3 is 1.32 bits per heavy atom. The molecule has 3 aliphatic heterocycles. The maximum atomic E-state index is 7.39. The van der Waals surface area contributed by atoms with E-state index in [1.807, 2.05) is 0 Å². The van der Waals surface area contributed by atoms with Gasteiger partial charge in [0.05, 0.1) is 90.3 Å². The predicted octanol–water partition coefficient (Wildman–Crippen LogP) is 18.5. The third-order valence-electron chi connectivity index (χ3n) is 12.8. The molecular formula is C52H46Cl12N8O4Zn. The van der Waals surface area contributed by atoms with Crippen molar-refractivity contribution in [3.05, 3.63) is 93.5 Å². The van der Waals surface area contributed by atoms with Crippen molar-refractivity contribution >= 4 is 190 Å². The zero-order chi connectivity index (χ0) is 54.3. The maximum Gasteiger partial charge on any atom is 2.00 e. The third-order valence-corrected chi connectivity index (χ3v) is 17.6. The number of amidine groups is 3. The molecule has 0 amide bonds. The molecule has 0 saturated heterocycles. The van der Waals surface area contributed by atoms with E-state index in [4.69, 9.17) is 193 Å². The number of aromatic nitrogens is 2. The fourth-order valence-corrected chi connectivity index (χ4v) is 12.5. The van der Waals surface area contributed by atoms with Gasteiger partial charge in [-0.2, -0.15) is 0 Å². The number of benzene rings is 4. The smallest absolute Gasteiger partial charge is 0.490 e. The maximum absolute atomic E-state index is 7.39. The number of hydrogen-bond acceptors (Lipinski definition) is 10. The first-order valence-corrected chi connectivity index (χ1v) is 29.3. The summed E-state index contributed by atoms with van der Waals surface area (Å²) < 4.78 is 25.0. The Morgan fingerprint density at radius 1 is 0.390 bits per heavy atom. The van der Waals surface area contributed by atoms with Gasteiger partial charge in [-0.15, -0.1) is 0 Å². The second-order valence-corrected chi connectivity index (χ2v) is 22.5. The van der Waals surface area contributed by atoms with E-state index in [0.717, 1.165) is 70.6 Å². The van der Waals surface area contributed by atoms with E-state index in [0.29, 0.717) is 25.2 Å². The largest absolute Gasteiger partial charge is 2.00 e. The van der Waals surface area contributed by atoms with Crippen LogP contribution in [0.1, 0.15) is 133 Å². The number of nitrogens with zero attached hydrogens (tertiary/aromatic N) is 7. The van der Waals surface area contributed by atoms with Crippen molar-refractivity contribution in [2.75, 3.05) is 26.4 Å². The van der Waals surface area contributed by atoms with Crippen LogP contribution in [0, 0.1) is 0 Å². The van der Waals surface area contributed by atoms with E-state index in [1.165, 1.54) is 0 Å². The Labute approximate surface area is 517 Å². The summed E-state index contributed by atoms with van der Waals surface area (Å²) in [5, 5.41) is 4.61. The van der Waals surface area contributed by atoms with Crippen LogP contribution < -0.4 is 45.2 Å². The number of unbranched alkanes of at least 4 members (excludes halogenated alkanes) is 8. The summed E-state index contributed by atoms with van der Waals surface area (Å²) >= 11 is 86.8. The van der Waals surface area contributed by atoms with Crippen LogP contribution in [-0.4, -0.2) is 43.9 Å². The zero-order valence-electron chi connectivity index (χ0n) is 41.9. The zero-order valence-corrected chi connectivity index (χ0v) is 53.9. The first-order valence-electron chi connectivity index (χ1n) is 24.8. The van der Waals surface area contributed by atoms with Gasteiger partial charge in [-0.3, -0.25) is 0 Å². The van der Waals surface area contributed by atoms with E-state index in [9.17, 15) is 0 Å². The summed E-state index contributed by atoms with van der Waals surface area (Å²) in [6, 6.07) is 0. The Balaban J connectivity index is 0.00000784. The Bertz CT molecular complexity index is 3550. The molecule has 404 valence electrons. The van der Waals surface area contributed by atoms with Crippen molar-refractivity contribution in [1.82, 2.24) is 15.3 Å². The van der Waals surface area contributed by atoms with Crippen LogP contribution in [0.25, 0.3) is 21.5 Å². The topological polar surface area (TPSA) is 139 Å². The average Bonchev–Trinajstić information content (AvgIpc) is 4.25. The molecule has 6 aromatic rings. The third kappa shape index (κ3) is 11.5. The molecule has 12 nitrogen and oxygen atoms in total. The van der Waals surface area contributed by atoms with Crippen LogP contribution in [0.5, 0.6) is 23.0 Å². The van der Waals surface area contributed by atoms with E-state index in [1.54, 1.807) is 0 Å². The number of rotatable bonds is 20. The molecule has 2 aromatic heterocycles. The number of ether oxygens (including phenoxy) is 4. The van der Waals surface area contributed by atoms with E-state index < -0.39 is 6.17 Å². The van der Waals surface area contributed by atoms with Gasteiger partial charge in [0.2, 0.25) is 0 Å². The molecule has 1 unspecified atom stereocenters. The van der Waals surface area contributed by atoms with Gasteiger partial charge in [0, 0.05) is 66.4 Å². The van der Waals surface area contributed by atoms with Crippen molar-refractivity contribution < 1.29 is 38.4 Å². The van der Waals surface area contributed by atoms with Gasteiger partial charge in [0.1, 0.15) is 20.1 Å². The molecule has 77 heavy (non-hydrogen) atoms. The molecular weight excluding hydrogens is 1290 g/mol. The van der Waals surface area contributed by atoms with Crippen LogP contribution in [0.2, 0.25) is 60.3 Å². The van der Waals surface area contributed by atoms with Gasteiger partial charge in [0.25, 0.3) is 0 Å². The van der Waals surface area contributed by atoms with Crippen molar-refractivity contribution in [2.45, 2.75) is 111 Å². The molecule has 1 N–H and O–H groups in total. The molecule has 4 aromatic carbocycles. The second-order valence-electron chi connectivity index (χ2n) is 18.0. The van der Waals surface area contributed by atoms with Crippen LogP contribution in [0.4, 0.5) is 11.6 Å². The molecule has 0 fully saturated rings. The number of fused-ring (bicyclic) bond motifs is 19. The monoisotopic (exact) mass is 1330 g/mol. The number of halogens is 12. The molecule has 8 bridgehead atoms. The summed E-state index contributed by atoms with van der Waals surface area (Å²) in [7, 11) is 0. The quantitative estimate of drug-likeness (QED) is 0.0456. The van der Waals surface area contributed by atoms with Gasteiger partial charge in [0.15, 0.2) is 23.0 Å². The fraction of sp³-hybridized carbons (Fsp3) is 0.404. The van der Waals surface area contributed by atoms with E-state index >= 15 is 0 Å². The Kier molecular flexibility index (Phi) is 20.7. The molecule has 0 aliphatic carbocycles. The first kappa shape index (κ1) is 60.8. The van der Waals surface area contributed by atoms with Gasteiger partial charge in [-0.25, -0.2) is 4.99 Å². The Hall–Kier alpha value is -2.33. The second kappa shape index (κ2) is 26.3. The fourth-order valence-electron chi connectivity index (χ4n) is 8.95. The van der Waals surface area contributed by atoms with Crippen molar-refractivity contribution in [1.29, 1.82) is 0 Å². The molecule has 5 heterocycles. The summed E-state index contributed by atoms with van der Waals surface area (Å²) in [5.41, 5.74) is 0.980. The molecule has 25 heteroatoms. The van der Waals surface area contributed by atoms with Crippen LogP contribution in [0.3, 0.4) is 0 Å². The summed E-state index contributed by atoms with van der Waals surface area (Å²) in [6.07, 6.45) is 9.15. The van der Waals surface area contributed by atoms with Gasteiger partial charge >= 0.3 is 19.5 Å². The molecule has 3 aliphatic rings. The predicted molar refractivity (Wildman–Crippen MR) is 315 cm³/mol. The van der Waals surface area contributed by atoms with Gasteiger partial charge < -0.3 is 54.2 Å². The minimum absolute atomic E-state index is 0. The number of aliphatic imine (C=N–C) groups is 3. The molecule has 0 saturated carbocycles. The summed E-state index contributed by atoms with van der Waals surface area (Å²) in [6.45, 7) is 9.49. The number of hydrogen-bond donors (Lipinski definition) is 1.